The summed E-state index contributed by atoms with van der Waals surface area (Å²) >= 11 is 0. The SMILES string of the molecule is O=C(CN1c2nc(-c3ccncc3)cc(=O)n2CCC1c1ccccc1)c1ccc(F)cc1. The lowest BCUT2D eigenvalue weighted by Crippen LogP contribution is -2.43. The first-order chi connectivity index (χ1) is 16.1. The third-order valence-corrected chi connectivity index (χ3v) is 5.89. The Labute approximate surface area is 190 Å². The van der Waals surface area contributed by atoms with Gasteiger partial charge in [-0.2, -0.15) is 0 Å². The van der Waals surface area contributed by atoms with Crippen LogP contribution in [0.2, 0.25) is 0 Å². The number of pyridine rings is 1. The highest BCUT2D eigenvalue weighted by Crippen LogP contribution is 2.34. The van der Waals surface area contributed by atoms with E-state index in [9.17, 15) is 14.0 Å². The highest BCUT2D eigenvalue weighted by Gasteiger charge is 2.31. The van der Waals surface area contributed by atoms with Crippen LogP contribution in [0.4, 0.5) is 10.3 Å². The number of hydrogen-bond donors (Lipinski definition) is 0. The second kappa shape index (κ2) is 8.78. The number of halogens is 1. The monoisotopic (exact) mass is 440 g/mol. The number of carbonyl (C=O) groups is 1. The molecule has 6 nitrogen and oxygen atoms in total. The zero-order valence-corrected chi connectivity index (χ0v) is 17.8. The quantitative estimate of drug-likeness (QED) is 0.434. The zero-order valence-electron chi connectivity index (χ0n) is 17.8. The normalized spacial score (nSPS) is 15.2. The molecule has 0 fully saturated rings. The van der Waals surface area contributed by atoms with Gasteiger partial charge in [-0.1, -0.05) is 30.3 Å². The number of benzene rings is 2. The number of hydrogen-bond acceptors (Lipinski definition) is 5. The summed E-state index contributed by atoms with van der Waals surface area (Å²) in [6.45, 7) is 0.510. The van der Waals surface area contributed by atoms with Gasteiger partial charge in [-0.15, -0.1) is 0 Å². The van der Waals surface area contributed by atoms with Crippen molar-refractivity contribution >= 4 is 11.7 Å². The Hall–Kier alpha value is -4.13. The molecule has 2 aromatic heterocycles. The van der Waals surface area contributed by atoms with Crippen molar-refractivity contribution in [3.05, 3.63) is 112 Å². The Bertz CT molecular complexity index is 1340. The molecule has 1 atom stereocenters. The summed E-state index contributed by atoms with van der Waals surface area (Å²) in [6, 6.07) is 20.4. The Morgan fingerprint density at radius 3 is 2.45 bits per heavy atom. The van der Waals surface area contributed by atoms with Gasteiger partial charge in [-0.25, -0.2) is 9.37 Å². The lowest BCUT2D eigenvalue weighted by atomic mass is 9.99. The second-order valence-corrected chi connectivity index (χ2v) is 7.94. The molecular weight excluding hydrogens is 419 g/mol. The number of fused-ring (bicyclic) bond motifs is 1. The molecule has 1 aliphatic rings. The van der Waals surface area contributed by atoms with E-state index in [1.54, 1.807) is 29.1 Å². The molecule has 0 N–H and O–H groups in total. The molecule has 0 bridgehead atoms. The van der Waals surface area contributed by atoms with Crippen molar-refractivity contribution in [2.24, 2.45) is 0 Å². The summed E-state index contributed by atoms with van der Waals surface area (Å²) in [7, 11) is 0. The lowest BCUT2D eigenvalue weighted by Gasteiger charge is -2.38. The van der Waals surface area contributed by atoms with Gasteiger partial charge in [0.1, 0.15) is 5.82 Å². The summed E-state index contributed by atoms with van der Waals surface area (Å²) < 4.78 is 15.0. The lowest BCUT2D eigenvalue weighted by molar-refractivity contribution is 0.0994. The maximum absolute atomic E-state index is 13.4. The van der Waals surface area contributed by atoms with E-state index >= 15 is 0 Å². The topological polar surface area (TPSA) is 68.1 Å². The van der Waals surface area contributed by atoms with Crippen LogP contribution in [0, 0.1) is 5.82 Å². The molecule has 33 heavy (non-hydrogen) atoms. The molecule has 0 saturated carbocycles. The molecule has 4 aromatic rings. The fourth-order valence-electron chi connectivity index (χ4n) is 4.22. The van der Waals surface area contributed by atoms with Gasteiger partial charge in [0, 0.05) is 36.1 Å². The van der Waals surface area contributed by atoms with Crippen LogP contribution in [0.15, 0.2) is 90.0 Å². The Balaban J connectivity index is 1.60. The third-order valence-electron chi connectivity index (χ3n) is 5.89. The number of carbonyl (C=O) groups excluding carboxylic acids is 1. The van der Waals surface area contributed by atoms with Crippen molar-refractivity contribution in [2.75, 3.05) is 11.4 Å². The van der Waals surface area contributed by atoms with Crippen LogP contribution in [0.5, 0.6) is 0 Å². The minimum atomic E-state index is -0.396. The highest BCUT2D eigenvalue weighted by atomic mass is 19.1. The predicted octanol–water partition coefficient (Wildman–Crippen LogP) is 4.28. The summed E-state index contributed by atoms with van der Waals surface area (Å²) in [6.07, 6.45) is 3.96. The number of anilines is 1. The number of aromatic nitrogens is 3. The van der Waals surface area contributed by atoms with Gasteiger partial charge in [-0.05, 0) is 48.4 Å². The molecule has 1 unspecified atom stereocenters. The van der Waals surface area contributed by atoms with Crippen molar-refractivity contribution in [3.63, 3.8) is 0 Å². The number of rotatable bonds is 5. The molecule has 5 rings (SSSR count). The Morgan fingerprint density at radius 1 is 1.00 bits per heavy atom. The van der Waals surface area contributed by atoms with Gasteiger partial charge < -0.3 is 4.90 Å². The van der Waals surface area contributed by atoms with E-state index in [0.29, 0.717) is 30.2 Å². The van der Waals surface area contributed by atoms with Crippen LogP contribution in [0.1, 0.15) is 28.4 Å². The van der Waals surface area contributed by atoms with Crippen molar-refractivity contribution in [1.82, 2.24) is 14.5 Å². The van der Waals surface area contributed by atoms with E-state index in [2.05, 4.69) is 4.98 Å². The number of ketones is 1. The van der Waals surface area contributed by atoms with Crippen molar-refractivity contribution < 1.29 is 9.18 Å². The minimum Gasteiger partial charge on any atom is -0.327 e. The molecule has 0 radical (unpaired) electrons. The molecule has 7 heteroatoms. The largest absolute Gasteiger partial charge is 0.327 e. The molecular formula is C26H21FN4O2. The highest BCUT2D eigenvalue weighted by molar-refractivity contribution is 5.99. The van der Waals surface area contributed by atoms with Crippen LogP contribution >= 0.6 is 0 Å². The standard InChI is InChI=1S/C26H21FN4O2/c27-21-8-6-20(7-9-21)24(32)17-31-23(19-4-2-1-3-5-19)12-15-30-25(33)16-22(29-26(30)31)18-10-13-28-14-11-18/h1-11,13-14,16,23H,12,15,17H2. The van der Waals surface area contributed by atoms with Gasteiger partial charge in [0.05, 0.1) is 18.3 Å². The summed E-state index contributed by atoms with van der Waals surface area (Å²) in [5, 5.41) is 0. The third kappa shape index (κ3) is 4.17. The summed E-state index contributed by atoms with van der Waals surface area (Å²) in [5.74, 6) is -0.120. The fraction of sp³-hybridized carbons (Fsp3) is 0.154. The maximum Gasteiger partial charge on any atom is 0.255 e. The molecule has 0 aliphatic carbocycles. The van der Waals surface area contributed by atoms with Gasteiger partial charge >= 0.3 is 0 Å². The van der Waals surface area contributed by atoms with Crippen LogP contribution in [-0.4, -0.2) is 26.9 Å². The maximum atomic E-state index is 13.4. The zero-order chi connectivity index (χ0) is 22.8. The van der Waals surface area contributed by atoms with E-state index in [0.717, 1.165) is 11.1 Å². The number of nitrogens with zero attached hydrogens (tertiary/aromatic N) is 4. The molecule has 3 heterocycles. The van der Waals surface area contributed by atoms with E-state index in [4.69, 9.17) is 4.98 Å². The summed E-state index contributed by atoms with van der Waals surface area (Å²) in [5.41, 5.74) is 2.59. The van der Waals surface area contributed by atoms with Crippen LogP contribution in [0.25, 0.3) is 11.3 Å². The summed E-state index contributed by atoms with van der Waals surface area (Å²) in [4.78, 5) is 36.9. The van der Waals surface area contributed by atoms with Crippen LogP contribution in [0.3, 0.4) is 0 Å². The van der Waals surface area contributed by atoms with Crippen molar-refractivity contribution in [2.45, 2.75) is 19.0 Å². The first-order valence-corrected chi connectivity index (χ1v) is 10.7. The first-order valence-electron chi connectivity index (χ1n) is 10.7. The van der Waals surface area contributed by atoms with Crippen molar-refractivity contribution in [3.8, 4) is 11.3 Å². The van der Waals surface area contributed by atoms with E-state index in [-0.39, 0.29) is 23.9 Å². The van der Waals surface area contributed by atoms with E-state index in [1.165, 1.54) is 30.3 Å². The van der Waals surface area contributed by atoms with Gasteiger partial charge in [0.15, 0.2) is 5.78 Å². The molecule has 0 amide bonds. The second-order valence-electron chi connectivity index (χ2n) is 7.94. The average Bonchev–Trinajstić information content (AvgIpc) is 2.85. The van der Waals surface area contributed by atoms with Crippen molar-refractivity contribution in [1.29, 1.82) is 0 Å². The predicted molar refractivity (Wildman–Crippen MR) is 124 cm³/mol. The van der Waals surface area contributed by atoms with E-state index in [1.807, 2.05) is 35.2 Å². The Morgan fingerprint density at radius 2 is 1.73 bits per heavy atom. The first kappa shape index (κ1) is 20.8. The van der Waals surface area contributed by atoms with E-state index < -0.39 is 5.82 Å². The molecule has 164 valence electrons. The smallest absolute Gasteiger partial charge is 0.255 e. The van der Waals surface area contributed by atoms with Gasteiger partial charge in [0.2, 0.25) is 5.95 Å². The van der Waals surface area contributed by atoms with Crippen LogP contribution < -0.4 is 10.5 Å². The fourth-order valence-corrected chi connectivity index (χ4v) is 4.22. The molecule has 0 saturated heterocycles. The van der Waals surface area contributed by atoms with Gasteiger partial charge in [-0.3, -0.25) is 19.1 Å². The average molecular weight is 440 g/mol. The van der Waals surface area contributed by atoms with Crippen LogP contribution in [-0.2, 0) is 6.54 Å². The number of Topliss-reactive ketones (excluding diaryl/α,β-unsaturated/α-hetero) is 1. The molecule has 0 spiro atoms. The molecule has 1 aliphatic heterocycles. The minimum absolute atomic E-state index is 0.0113. The molecule has 2 aromatic carbocycles. The Kier molecular flexibility index (Phi) is 5.52. The van der Waals surface area contributed by atoms with Gasteiger partial charge in [0.25, 0.3) is 5.56 Å².